The van der Waals surface area contributed by atoms with Crippen LogP contribution < -0.4 is 10.1 Å². The van der Waals surface area contributed by atoms with Gasteiger partial charge in [-0.15, -0.1) is 11.8 Å². The summed E-state index contributed by atoms with van der Waals surface area (Å²) < 4.78 is 5.74. The summed E-state index contributed by atoms with van der Waals surface area (Å²) in [6.45, 7) is 2.33. The molecule has 27 heavy (non-hydrogen) atoms. The van der Waals surface area contributed by atoms with E-state index >= 15 is 0 Å². The Hall–Kier alpha value is -2.50. The lowest BCUT2D eigenvalue weighted by atomic mass is 10.1. The molecule has 2 aromatic carbocycles. The van der Waals surface area contributed by atoms with E-state index in [-0.39, 0.29) is 5.91 Å². The number of thioether (sulfide) groups is 1. The molecule has 0 saturated heterocycles. The molecule has 1 N–H and O–H groups in total. The number of aryl methyl sites for hydroxylation is 1. The zero-order valence-corrected chi connectivity index (χ0v) is 16.6. The molecule has 6 heteroatoms. The van der Waals surface area contributed by atoms with E-state index in [0.717, 1.165) is 16.0 Å². The van der Waals surface area contributed by atoms with Gasteiger partial charge >= 0.3 is 0 Å². The van der Waals surface area contributed by atoms with Gasteiger partial charge in [0.15, 0.2) is 0 Å². The van der Waals surface area contributed by atoms with Gasteiger partial charge in [0.05, 0.1) is 0 Å². The summed E-state index contributed by atoms with van der Waals surface area (Å²) in [5, 5.41) is 3.51. The zero-order chi connectivity index (χ0) is 19.2. The number of aromatic nitrogens is 1. The molecule has 0 fully saturated rings. The number of pyridine rings is 1. The number of ether oxygens (including phenoxy) is 1. The Balaban J connectivity index is 1.65. The van der Waals surface area contributed by atoms with Gasteiger partial charge in [0.2, 0.25) is 5.88 Å². The largest absolute Gasteiger partial charge is 0.439 e. The van der Waals surface area contributed by atoms with Crippen LogP contribution in [0.5, 0.6) is 11.6 Å². The van der Waals surface area contributed by atoms with Gasteiger partial charge in [-0.25, -0.2) is 4.98 Å². The number of nitrogens with zero attached hydrogens (tertiary/aromatic N) is 1. The van der Waals surface area contributed by atoms with Gasteiger partial charge in [0.1, 0.15) is 5.75 Å². The molecule has 0 bridgehead atoms. The monoisotopic (exact) mass is 398 g/mol. The minimum atomic E-state index is -0.211. The number of halogens is 1. The number of hydrogen-bond donors (Lipinski definition) is 1. The molecule has 0 aliphatic rings. The third-order valence-electron chi connectivity index (χ3n) is 3.93. The normalized spacial score (nSPS) is 10.5. The number of benzene rings is 2. The van der Waals surface area contributed by atoms with Gasteiger partial charge in [0, 0.05) is 34.3 Å². The molecule has 1 amide bonds. The number of carbonyl (C=O) groups excluding carboxylic acids is 1. The average molecular weight is 399 g/mol. The number of hydrogen-bond acceptors (Lipinski definition) is 4. The van der Waals surface area contributed by atoms with Crippen molar-refractivity contribution in [1.29, 1.82) is 0 Å². The van der Waals surface area contributed by atoms with Crippen LogP contribution in [0.1, 0.15) is 21.5 Å². The van der Waals surface area contributed by atoms with Gasteiger partial charge < -0.3 is 10.1 Å². The lowest BCUT2D eigenvalue weighted by Gasteiger charge is -2.09. The van der Waals surface area contributed by atoms with Crippen molar-refractivity contribution >= 4 is 29.3 Å². The van der Waals surface area contributed by atoms with E-state index in [0.29, 0.717) is 28.8 Å². The van der Waals surface area contributed by atoms with Crippen LogP contribution in [-0.2, 0) is 6.54 Å². The third-order valence-corrected chi connectivity index (χ3v) is 5.02. The van der Waals surface area contributed by atoms with Crippen molar-refractivity contribution in [3.05, 3.63) is 82.5 Å². The first kappa shape index (κ1) is 19.3. The SMILES string of the molecule is CSc1ccc(Oc2cc(C(=O)NCc3ccc(C)cc3Cl)ccn2)cc1. The first-order valence-corrected chi connectivity index (χ1v) is 9.96. The summed E-state index contributed by atoms with van der Waals surface area (Å²) >= 11 is 7.88. The molecule has 4 nitrogen and oxygen atoms in total. The van der Waals surface area contributed by atoms with Gasteiger partial charge in [-0.05, 0) is 60.7 Å². The first-order valence-electron chi connectivity index (χ1n) is 8.36. The van der Waals surface area contributed by atoms with E-state index in [4.69, 9.17) is 16.3 Å². The van der Waals surface area contributed by atoms with Crippen molar-refractivity contribution in [3.63, 3.8) is 0 Å². The Morgan fingerprint density at radius 2 is 1.93 bits per heavy atom. The lowest BCUT2D eigenvalue weighted by Crippen LogP contribution is -2.23. The van der Waals surface area contributed by atoms with Crippen LogP contribution in [0.25, 0.3) is 0 Å². The van der Waals surface area contributed by atoms with Crippen LogP contribution >= 0.6 is 23.4 Å². The zero-order valence-electron chi connectivity index (χ0n) is 15.0. The molecule has 3 rings (SSSR count). The Kier molecular flexibility index (Phi) is 6.37. The molecule has 0 spiro atoms. The molecule has 0 radical (unpaired) electrons. The van der Waals surface area contributed by atoms with Crippen LogP contribution in [0.2, 0.25) is 5.02 Å². The highest BCUT2D eigenvalue weighted by atomic mass is 35.5. The van der Waals surface area contributed by atoms with Crippen molar-refractivity contribution in [3.8, 4) is 11.6 Å². The van der Waals surface area contributed by atoms with Crippen LogP contribution in [0.4, 0.5) is 0 Å². The van der Waals surface area contributed by atoms with Crippen molar-refractivity contribution in [2.24, 2.45) is 0 Å². The summed E-state index contributed by atoms with van der Waals surface area (Å²) in [6.07, 6.45) is 3.57. The number of amides is 1. The number of nitrogens with one attached hydrogen (secondary N) is 1. The average Bonchev–Trinajstić information content (AvgIpc) is 2.68. The van der Waals surface area contributed by atoms with E-state index in [9.17, 15) is 4.79 Å². The molecule has 0 unspecified atom stereocenters. The predicted octanol–water partition coefficient (Wildman–Crippen LogP) is 5.49. The smallest absolute Gasteiger partial charge is 0.251 e. The highest BCUT2D eigenvalue weighted by Crippen LogP contribution is 2.23. The summed E-state index contributed by atoms with van der Waals surface area (Å²) in [4.78, 5) is 17.8. The summed E-state index contributed by atoms with van der Waals surface area (Å²) in [7, 11) is 0. The molecule has 1 heterocycles. The van der Waals surface area contributed by atoms with E-state index in [1.807, 2.05) is 55.6 Å². The molecule has 0 aliphatic heterocycles. The molecule has 3 aromatic rings. The summed E-state index contributed by atoms with van der Waals surface area (Å²) in [6, 6.07) is 16.7. The van der Waals surface area contributed by atoms with Gasteiger partial charge in [-0.1, -0.05) is 23.7 Å². The minimum Gasteiger partial charge on any atom is -0.439 e. The fraction of sp³-hybridized carbons (Fsp3) is 0.143. The number of carbonyl (C=O) groups is 1. The summed E-state index contributed by atoms with van der Waals surface area (Å²) in [5.74, 6) is 0.828. The maximum atomic E-state index is 12.4. The second kappa shape index (κ2) is 8.93. The second-order valence-corrected chi connectivity index (χ2v) is 7.22. The van der Waals surface area contributed by atoms with Crippen molar-refractivity contribution in [2.45, 2.75) is 18.4 Å². The molecule has 1 aromatic heterocycles. The maximum absolute atomic E-state index is 12.4. The van der Waals surface area contributed by atoms with Gasteiger partial charge in [-0.2, -0.15) is 0 Å². The van der Waals surface area contributed by atoms with Crippen molar-refractivity contribution in [2.75, 3.05) is 6.26 Å². The Morgan fingerprint density at radius 3 is 2.63 bits per heavy atom. The second-order valence-electron chi connectivity index (χ2n) is 5.94. The fourth-order valence-corrected chi connectivity index (χ4v) is 3.15. The lowest BCUT2D eigenvalue weighted by molar-refractivity contribution is 0.0950. The molecule has 0 saturated carbocycles. The van der Waals surface area contributed by atoms with E-state index in [1.54, 1.807) is 30.1 Å². The van der Waals surface area contributed by atoms with E-state index in [1.165, 1.54) is 0 Å². The topological polar surface area (TPSA) is 51.2 Å². The third kappa shape index (κ3) is 5.25. The first-order chi connectivity index (χ1) is 13.0. The highest BCUT2D eigenvalue weighted by Gasteiger charge is 2.09. The van der Waals surface area contributed by atoms with Crippen LogP contribution in [0.3, 0.4) is 0 Å². The maximum Gasteiger partial charge on any atom is 0.251 e. The minimum absolute atomic E-state index is 0.211. The molecule has 138 valence electrons. The molecular formula is C21H19ClN2O2S. The van der Waals surface area contributed by atoms with Crippen LogP contribution in [0, 0.1) is 6.92 Å². The molecule has 0 aliphatic carbocycles. The van der Waals surface area contributed by atoms with Gasteiger partial charge in [0.25, 0.3) is 5.91 Å². The van der Waals surface area contributed by atoms with Crippen LogP contribution in [-0.4, -0.2) is 17.1 Å². The van der Waals surface area contributed by atoms with E-state index in [2.05, 4.69) is 10.3 Å². The highest BCUT2D eigenvalue weighted by molar-refractivity contribution is 7.98. The van der Waals surface area contributed by atoms with Crippen molar-refractivity contribution in [1.82, 2.24) is 10.3 Å². The fourth-order valence-electron chi connectivity index (χ4n) is 2.44. The Bertz CT molecular complexity index is 945. The molecular weight excluding hydrogens is 380 g/mol. The van der Waals surface area contributed by atoms with Gasteiger partial charge in [-0.3, -0.25) is 4.79 Å². The van der Waals surface area contributed by atoms with Crippen LogP contribution in [0.15, 0.2) is 65.7 Å². The summed E-state index contributed by atoms with van der Waals surface area (Å²) in [5.41, 5.74) is 2.43. The van der Waals surface area contributed by atoms with Crippen molar-refractivity contribution < 1.29 is 9.53 Å². The Morgan fingerprint density at radius 1 is 1.15 bits per heavy atom. The van der Waals surface area contributed by atoms with E-state index < -0.39 is 0 Å². The number of rotatable bonds is 6. The predicted molar refractivity (Wildman–Crippen MR) is 110 cm³/mol. The standard InChI is InChI=1S/C21H19ClN2O2S/c1-14-3-4-16(19(22)11-14)13-24-21(25)15-9-10-23-20(12-15)26-17-5-7-18(27-2)8-6-17/h3-12H,13H2,1-2H3,(H,24,25). The molecule has 0 atom stereocenters. The Labute approximate surface area is 167 Å². The quantitative estimate of drug-likeness (QED) is 0.558.